The molecule has 2 aromatic carbocycles. The second kappa shape index (κ2) is 7.72. The molecule has 0 saturated carbocycles. The van der Waals surface area contributed by atoms with E-state index in [1.807, 2.05) is 51.1 Å². The molecule has 1 unspecified atom stereocenters. The number of carbonyl (C=O) groups excluding carboxylic acids is 2. The van der Waals surface area contributed by atoms with Crippen LogP contribution in [0.1, 0.15) is 33.3 Å². The Hall–Kier alpha value is -2.73. The van der Waals surface area contributed by atoms with Crippen LogP contribution in [-0.2, 0) is 9.59 Å². The summed E-state index contributed by atoms with van der Waals surface area (Å²) >= 11 is 1.65. The van der Waals surface area contributed by atoms with Crippen molar-refractivity contribution in [2.24, 2.45) is 5.41 Å². The molecule has 0 saturated heterocycles. The molecule has 6 heteroatoms. The molecule has 3 aromatic rings. The molecular formula is C22H25N3O2S. The zero-order chi connectivity index (χ0) is 20.5. The normalized spacial score (nSPS) is 12.6. The van der Waals surface area contributed by atoms with Gasteiger partial charge in [0, 0.05) is 16.7 Å². The van der Waals surface area contributed by atoms with Gasteiger partial charge in [-0.3, -0.25) is 9.59 Å². The van der Waals surface area contributed by atoms with Crippen LogP contribution in [-0.4, -0.2) is 22.8 Å². The van der Waals surface area contributed by atoms with E-state index in [1.165, 1.54) is 5.56 Å². The Morgan fingerprint density at radius 2 is 1.75 bits per heavy atom. The third-order valence-electron chi connectivity index (χ3n) is 4.37. The summed E-state index contributed by atoms with van der Waals surface area (Å²) in [6.07, 6.45) is 0. The molecule has 0 radical (unpaired) electrons. The molecule has 0 spiro atoms. The van der Waals surface area contributed by atoms with E-state index in [2.05, 4.69) is 34.7 Å². The molecule has 1 atom stereocenters. The third-order valence-corrected chi connectivity index (χ3v) is 5.43. The van der Waals surface area contributed by atoms with Crippen LogP contribution in [0.2, 0.25) is 0 Å². The van der Waals surface area contributed by atoms with Crippen LogP contribution in [0.5, 0.6) is 0 Å². The molecule has 1 heterocycles. The topological polar surface area (TPSA) is 71.1 Å². The second-order valence-corrected chi connectivity index (χ2v) is 9.03. The predicted octanol–water partition coefficient (Wildman–Crippen LogP) is 4.76. The van der Waals surface area contributed by atoms with E-state index in [0.29, 0.717) is 5.69 Å². The number of nitrogens with zero attached hydrogens (tertiary/aromatic N) is 1. The maximum atomic E-state index is 12.3. The van der Waals surface area contributed by atoms with Crippen molar-refractivity contribution in [3.05, 3.63) is 48.0 Å². The second-order valence-electron chi connectivity index (χ2n) is 8.00. The van der Waals surface area contributed by atoms with Crippen LogP contribution in [0.3, 0.4) is 0 Å². The Labute approximate surface area is 169 Å². The molecule has 2 N–H and O–H groups in total. The van der Waals surface area contributed by atoms with E-state index in [0.717, 1.165) is 20.8 Å². The third kappa shape index (κ3) is 4.57. The largest absolute Gasteiger partial charge is 0.344 e. The van der Waals surface area contributed by atoms with Crippen molar-refractivity contribution in [2.45, 2.75) is 40.7 Å². The number of benzene rings is 2. The van der Waals surface area contributed by atoms with Crippen LogP contribution < -0.4 is 10.6 Å². The minimum atomic E-state index is -0.612. The molecule has 0 bridgehead atoms. The summed E-state index contributed by atoms with van der Waals surface area (Å²) in [7, 11) is 0. The van der Waals surface area contributed by atoms with E-state index in [1.54, 1.807) is 18.3 Å². The molecule has 1 aromatic heterocycles. The standard InChI is InChI=1S/C22H25N3O2S/c1-13-6-11-17-18(12-13)28-20(25-17)15-7-9-16(10-8-15)24-19(26)14(2)23-21(27)22(3,4)5/h6-12,14H,1-5H3,(H,23,27)(H,24,26). The molecule has 0 aliphatic rings. The van der Waals surface area contributed by atoms with E-state index in [4.69, 9.17) is 0 Å². The van der Waals surface area contributed by atoms with Gasteiger partial charge < -0.3 is 10.6 Å². The first-order chi connectivity index (χ1) is 13.1. The minimum Gasteiger partial charge on any atom is -0.344 e. The van der Waals surface area contributed by atoms with Crippen molar-refractivity contribution in [2.75, 3.05) is 5.32 Å². The van der Waals surface area contributed by atoms with Crippen molar-refractivity contribution >= 4 is 39.1 Å². The summed E-state index contributed by atoms with van der Waals surface area (Å²) in [6.45, 7) is 9.19. The van der Waals surface area contributed by atoms with Gasteiger partial charge in [-0.2, -0.15) is 0 Å². The Bertz CT molecular complexity index is 1020. The molecular weight excluding hydrogens is 370 g/mol. The Morgan fingerprint density at radius 3 is 2.39 bits per heavy atom. The lowest BCUT2D eigenvalue weighted by atomic mass is 9.95. The number of rotatable bonds is 4. The molecule has 0 aliphatic carbocycles. The first-order valence-corrected chi connectivity index (χ1v) is 10.0. The van der Waals surface area contributed by atoms with Gasteiger partial charge in [0.25, 0.3) is 0 Å². The van der Waals surface area contributed by atoms with Gasteiger partial charge in [0.15, 0.2) is 0 Å². The van der Waals surface area contributed by atoms with Gasteiger partial charge in [-0.25, -0.2) is 4.98 Å². The summed E-state index contributed by atoms with van der Waals surface area (Å²) in [6, 6.07) is 13.2. The number of carbonyl (C=O) groups is 2. The molecule has 146 valence electrons. The smallest absolute Gasteiger partial charge is 0.246 e. The highest BCUT2D eigenvalue weighted by Crippen LogP contribution is 2.31. The Balaban J connectivity index is 1.68. The summed E-state index contributed by atoms with van der Waals surface area (Å²) in [5, 5.41) is 6.53. The number of aromatic nitrogens is 1. The first kappa shape index (κ1) is 20.0. The van der Waals surface area contributed by atoms with Crippen molar-refractivity contribution < 1.29 is 9.59 Å². The highest BCUT2D eigenvalue weighted by atomic mass is 32.1. The lowest BCUT2D eigenvalue weighted by molar-refractivity contribution is -0.131. The molecule has 5 nitrogen and oxygen atoms in total. The van der Waals surface area contributed by atoms with Crippen molar-refractivity contribution in [1.29, 1.82) is 0 Å². The van der Waals surface area contributed by atoms with Crippen LogP contribution in [0, 0.1) is 12.3 Å². The Morgan fingerprint density at radius 1 is 1.07 bits per heavy atom. The van der Waals surface area contributed by atoms with Gasteiger partial charge >= 0.3 is 0 Å². The quantitative estimate of drug-likeness (QED) is 0.669. The molecule has 0 aliphatic heterocycles. The minimum absolute atomic E-state index is 0.156. The van der Waals surface area contributed by atoms with Gasteiger partial charge in [0.1, 0.15) is 11.0 Å². The van der Waals surface area contributed by atoms with Crippen LogP contribution in [0.25, 0.3) is 20.8 Å². The van der Waals surface area contributed by atoms with Gasteiger partial charge in [0.2, 0.25) is 11.8 Å². The van der Waals surface area contributed by atoms with Gasteiger partial charge in [-0.15, -0.1) is 11.3 Å². The fourth-order valence-corrected chi connectivity index (χ4v) is 3.65. The monoisotopic (exact) mass is 395 g/mol. The summed E-state index contributed by atoms with van der Waals surface area (Å²) in [5.41, 5.74) is 3.36. The summed E-state index contributed by atoms with van der Waals surface area (Å²) in [5.74, 6) is -0.405. The van der Waals surface area contributed by atoms with Crippen LogP contribution in [0.15, 0.2) is 42.5 Å². The number of hydrogen-bond donors (Lipinski definition) is 2. The van der Waals surface area contributed by atoms with Crippen molar-refractivity contribution in [3.63, 3.8) is 0 Å². The number of fused-ring (bicyclic) bond motifs is 1. The fourth-order valence-electron chi connectivity index (χ4n) is 2.58. The number of anilines is 1. The lowest BCUT2D eigenvalue weighted by Crippen LogP contribution is -2.46. The Kier molecular flexibility index (Phi) is 5.52. The van der Waals surface area contributed by atoms with Crippen molar-refractivity contribution in [3.8, 4) is 10.6 Å². The molecule has 2 amide bonds. The molecule has 3 rings (SSSR count). The van der Waals surface area contributed by atoms with E-state index in [9.17, 15) is 9.59 Å². The number of aryl methyl sites for hydroxylation is 1. The SMILES string of the molecule is Cc1ccc2nc(-c3ccc(NC(=O)C(C)NC(=O)C(C)(C)C)cc3)sc2c1. The van der Waals surface area contributed by atoms with Crippen molar-refractivity contribution in [1.82, 2.24) is 10.3 Å². The zero-order valence-corrected chi connectivity index (χ0v) is 17.6. The van der Waals surface area contributed by atoms with Gasteiger partial charge in [-0.1, -0.05) is 26.8 Å². The highest BCUT2D eigenvalue weighted by molar-refractivity contribution is 7.21. The lowest BCUT2D eigenvalue weighted by Gasteiger charge is -2.21. The number of hydrogen-bond acceptors (Lipinski definition) is 4. The number of nitrogens with one attached hydrogen (secondary N) is 2. The van der Waals surface area contributed by atoms with E-state index >= 15 is 0 Å². The van der Waals surface area contributed by atoms with E-state index < -0.39 is 11.5 Å². The van der Waals surface area contributed by atoms with Crippen LogP contribution >= 0.6 is 11.3 Å². The maximum absolute atomic E-state index is 12.3. The summed E-state index contributed by atoms with van der Waals surface area (Å²) in [4.78, 5) is 29.1. The van der Waals surface area contributed by atoms with Gasteiger partial charge in [0.05, 0.1) is 10.2 Å². The fraction of sp³-hybridized carbons (Fsp3) is 0.318. The first-order valence-electron chi connectivity index (χ1n) is 9.23. The number of amides is 2. The van der Waals surface area contributed by atoms with E-state index in [-0.39, 0.29) is 11.8 Å². The average molecular weight is 396 g/mol. The molecule has 0 fully saturated rings. The number of thiazole rings is 1. The average Bonchev–Trinajstić information content (AvgIpc) is 3.04. The highest BCUT2D eigenvalue weighted by Gasteiger charge is 2.25. The maximum Gasteiger partial charge on any atom is 0.246 e. The summed E-state index contributed by atoms with van der Waals surface area (Å²) < 4.78 is 1.16. The zero-order valence-electron chi connectivity index (χ0n) is 16.8. The molecule has 28 heavy (non-hydrogen) atoms. The van der Waals surface area contributed by atoms with Gasteiger partial charge in [-0.05, 0) is 55.8 Å². The van der Waals surface area contributed by atoms with Crippen LogP contribution in [0.4, 0.5) is 5.69 Å². The predicted molar refractivity (Wildman–Crippen MR) is 115 cm³/mol.